The van der Waals surface area contributed by atoms with Crippen molar-refractivity contribution < 1.29 is 9.13 Å². The normalized spacial score (nSPS) is 10.7. The van der Waals surface area contributed by atoms with Gasteiger partial charge in [-0.15, -0.1) is 0 Å². The monoisotopic (exact) mass is 330 g/mol. The van der Waals surface area contributed by atoms with Gasteiger partial charge < -0.3 is 4.74 Å². The summed E-state index contributed by atoms with van der Waals surface area (Å²) in [6.07, 6.45) is 0. The van der Waals surface area contributed by atoms with E-state index in [2.05, 4.69) is 28.1 Å². The number of ether oxygens (including phenoxy) is 1. The van der Waals surface area contributed by atoms with Crippen LogP contribution in [-0.2, 0) is 6.61 Å². The molecule has 0 heterocycles. The lowest BCUT2D eigenvalue weighted by molar-refractivity contribution is 0.305. The van der Waals surface area contributed by atoms with Crippen molar-refractivity contribution >= 4 is 26.7 Å². The Morgan fingerprint density at radius 3 is 2.50 bits per heavy atom. The Labute approximate surface area is 125 Å². The summed E-state index contributed by atoms with van der Waals surface area (Å²) in [7, 11) is 0. The highest BCUT2D eigenvalue weighted by molar-refractivity contribution is 9.10. The summed E-state index contributed by atoms with van der Waals surface area (Å²) in [6.45, 7) is 0.402. The second kappa shape index (κ2) is 5.63. The van der Waals surface area contributed by atoms with Crippen LogP contribution in [0.15, 0.2) is 65.1 Å². The summed E-state index contributed by atoms with van der Waals surface area (Å²) in [5.74, 6) is 0.547. The molecule has 3 aromatic carbocycles. The zero-order valence-electron chi connectivity index (χ0n) is 10.6. The molecule has 0 saturated heterocycles. The smallest absolute Gasteiger partial charge is 0.124 e. The van der Waals surface area contributed by atoms with Crippen molar-refractivity contribution in [2.24, 2.45) is 0 Å². The largest absolute Gasteiger partial charge is 0.489 e. The van der Waals surface area contributed by atoms with Crippen molar-refractivity contribution in [2.45, 2.75) is 6.61 Å². The molecular weight excluding hydrogens is 319 g/mol. The quantitative estimate of drug-likeness (QED) is 0.631. The Kier molecular flexibility index (Phi) is 3.70. The molecule has 0 amide bonds. The van der Waals surface area contributed by atoms with Gasteiger partial charge in [-0.1, -0.05) is 52.3 Å². The molecule has 0 fully saturated rings. The van der Waals surface area contributed by atoms with E-state index in [4.69, 9.17) is 4.74 Å². The van der Waals surface area contributed by atoms with Crippen LogP contribution >= 0.6 is 15.9 Å². The second-order valence-corrected chi connectivity index (χ2v) is 5.39. The van der Waals surface area contributed by atoms with Gasteiger partial charge in [0.1, 0.15) is 18.2 Å². The van der Waals surface area contributed by atoms with Gasteiger partial charge in [-0.25, -0.2) is 4.39 Å². The molecule has 0 bridgehead atoms. The Bertz CT molecular complexity index is 755. The van der Waals surface area contributed by atoms with Crippen LogP contribution in [-0.4, -0.2) is 0 Å². The molecular formula is C17H12BrFO. The average Bonchev–Trinajstić information content (AvgIpc) is 2.46. The minimum absolute atomic E-state index is 0.258. The number of rotatable bonds is 3. The maximum absolute atomic E-state index is 13.0. The molecule has 0 aliphatic heterocycles. The van der Waals surface area contributed by atoms with Gasteiger partial charge in [0.25, 0.3) is 0 Å². The molecule has 0 atom stereocenters. The minimum atomic E-state index is -0.258. The van der Waals surface area contributed by atoms with E-state index >= 15 is 0 Å². The number of benzene rings is 3. The molecule has 3 aromatic rings. The Morgan fingerprint density at radius 2 is 1.70 bits per heavy atom. The Balaban J connectivity index is 1.79. The van der Waals surface area contributed by atoms with Gasteiger partial charge in [-0.2, -0.15) is 0 Å². The lowest BCUT2D eigenvalue weighted by Gasteiger charge is -2.09. The van der Waals surface area contributed by atoms with Gasteiger partial charge in [0.05, 0.1) is 0 Å². The first kappa shape index (κ1) is 13.1. The second-order valence-electron chi connectivity index (χ2n) is 4.53. The Morgan fingerprint density at radius 1 is 0.900 bits per heavy atom. The van der Waals surface area contributed by atoms with Crippen LogP contribution in [0, 0.1) is 5.82 Å². The topological polar surface area (TPSA) is 9.23 Å². The van der Waals surface area contributed by atoms with Gasteiger partial charge in [0, 0.05) is 10.0 Å². The van der Waals surface area contributed by atoms with Crippen LogP contribution < -0.4 is 4.74 Å². The summed E-state index contributed by atoms with van der Waals surface area (Å²) in [4.78, 5) is 0. The first-order chi connectivity index (χ1) is 9.72. The van der Waals surface area contributed by atoms with Crippen molar-refractivity contribution in [1.29, 1.82) is 0 Å². The third-order valence-corrected chi connectivity index (χ3v) is 3.87. The number of hydrogen-bond acceptors (Lipinski definition) is 1. The van der Waals surface area contributed by atoms with E-state index in [9.17, 15) is 4.39 Å². The third kappa shape index (κ3) is 2.83. The fraction of sp³-hybridized carbons (Fsp3) is 0.0588. The third-order valence-electron chi connectivity index (χ3n) is 3.13. The van der Waals surface area contributed by atoms with Gasteiger partial charge in [-0.3, -0.25) is 0 Å². The lowest BCUT2D eigenvalue weighted by atomic mass is 10.1. The molecule has 3 heteroatoms. The highest BCUT2D eigenvalue weighted by Gasteiger charge is 2.03. The predicted molar refractivity (Wildman–Crippen MR) is 82.4 cm³/mol. The molecule has 0 aliphatic rings. The molecule has 0 spiro atoms. The van der Waals surface area contributed by atoms with Crippen molar-refractivity contribution in [1.82, 2.24) is 0 Å². The molecule has 0 aromatic heterocycles. The molecule has 0 saturated carbocycles. The van der Waals surface area contributed by atoms with E-state index < -0.39 is 0 Å². The van der Waals surface area contributed by atoms with Crippen LogP contribution in [0.25, 0.3) is 10.8 Å². The summed E-state index contributed by atoms with van der Waals surface area (Å²) in [5.41, 5.74) is 0.916. The standard InChI is InChI=1S/C17H12BrFO/c18-17-10-15(19)7-5-14(17)11-20-16-8-6-12-3-1-2-4-13(12)9-16/h1-10H,11H2. The summed E-state index contributed by atoms with van der Waals surface area (Å²) < 4.78 is 19.5. The summed E-state index contributed by atoms with van der Waals surface area (Å²) in [5, 5.41) is 2.32. The first-order valence-electron chi connectivity index (χ1n) is 6.28. The van der Waals surface area contributed by atoms with Gasteiger partial charge in [0.2, 0.25) is 0 Å². The van der Waals surface area contributed by atoms with E-state index in [0.29, 0.717) is 6.61 Å². The molecule has 3 rings (SSSR count). The Hall–Kier alpha value is -1.87. The fourth-order valence-corrected chi connectivity index (χ4v) is 2.52. The molecule has 0 radical (unpaired) electrons. The zero-order chi connectivity index (χ0) is 13.9. The predicted octanol–water partition coefficient (Wildman–Crippen LogP) is 5.32. The molecule has 1 nitrogen and oxygen atoms in total. The first-order valence-corrected chi connectivity index (χ1v) is 7.07. The highest BCUT2D eigenvalue weighted by atomic mass is 79.9. The number of hydrogen-bond donors (Lipinski definition) is 0. The molecule has 0 N–H and O–H groups in total. The van der Waals surface area contributed by atoms with Crippen LogP contribution in [0.3, 0.4) is 0 Å². The van der Waals surface area contributed by atoms with E-state index in [1.807, 2.05) is 30.3 Å². The van der Waals surface area contributed by atoms with Crippen molar-refractivity contribution in [2.75, 3.05) is 0 Å². The molecule has 0 unspecified atom stereocenters. The molecule has 20 heavy (non-hydrogen) atoms. The summed E-state index contributed by atoms with van der Waals surface area (Å²) >= 11 is 3.34. The van der Waals surface area contributed by atoms with Crippen LogP contribution in [0.4, 0.5) is 4.39 Å². The van der Waals surface area contributed by atoms with E-state index in [-0.39, 0.29) is 5.82 Å². The maximum Gasteiger partial charge on any atom is 0.124 e. The van der Waals surface area contributed by atoms with Crippen LogP contribution in [0.1, 0.15) is 5.56 Å². The average molecular weight is 331 g/mol. The van der Waals surface area contributed by atoms with Gasteiger partial charge >= 0.3 is 0 Å². The minimum Gasteiger partial charge on any atom is -0.489 e. The van der Waals surface area contributed by atoms with Crippen molar-refractivity contribution in [3.8, 4) is 5.75 Å². The van der Waals surface area contributed by atoms with Crippen molar-refractivity contribution in [3.05, 3.63) is 76.5 Å². The molecule has 100 valence electrons. The van der Waals surface area contributed by atoms with E-state index in [1.54, 1.807) is 6.07 Å². The van der Waals surface area contributed by atoms with Gasteiger partial charge in [0.15, 0.2) is 0 Å². The maximum atomic E-state index is 13.0. The lowest BCUT2D eigenvalue weighted by Crippen LogP contribution is -1.96. The molecule has 0 aliphatic carbocycles. The summed E-state index contributed by atoms with van der Waals surface area (Å²) in [6, 6.07) is 18.7. The highest BCUT2D eigenvalue weighted by Crippen LogP contribution is 2.23. The number of fused-ring (bicyclic) bond motifs is 1. The van der Waals surface area contributed by atoms with Crippen molar-refractivity contribution in [3.63, 3.8) is 0 Å². The van der Waals surface area contributed by atoms with Gasteiger partial charge in [-0.05, 0) is 35.0 Å². The number of halogens is 2. The van der Waals surface area contributed by atoms with E-state index in [0.717, 1.165) is 21.2 Å². The SMILES string of the molecule is Fc1ccc(COc2ccc3ccccc3c2)c(Br)c1. The van der Waals surface area contributed by atoms with Crippen LogP contribution in [0.2, 0.25) is 0 Å². The van der Waals surface area contributed by atoms with Crippen LogP contribution in [0.5, 0.6) is 5.75 Å². The zero-order valence-corrected chi connectivity index (χ0v) is 12.2. The van der Waals surface area contributed by atoms with E-state index in [1.165, 1.54) is 17.5 Å². The fourth-order valence-electron chi connectivity index (χ4n) is 2.06.